The molecule has 0 fully saturated rings. The topological polar surface area (TPSA) is 76.2 Å². The van der Waals surface area contributed by atoms with Crippen LogP contribution >= 0.6 is 11.3 Å². The van der Waals surface area contributed by atoms with Crippen LogP contribution in [0.4, 0.5) is 5.69 Å². The number of rotatable bonds is 6. The number of hydrogen-bond donors (Lipinski definition) is 2. The van der Waals surface area contributed by atoms with Gasteiger partial charge in [-0.2, -0.15) is 5.10 Å². The maximum absolute atomic E-state index is 12.9. The van der Waals surface area contributed by atoms with Crippen molar-refractivity contribution in [2.45, 2.75) is 19.0 Å². The minimum absolute atomic E-state index is 0.0740. The first-order chi connectivity index (χ1) is 16.5. The first-order valence-electron chi connectivity index (χ1n) is 11.2. The second-order valence-electron chi connectivity index (χ2n) is 8.49. The van der Waals surface area contributed by atoms with Crippen molar-refractivity contribution >= 4 is 28.5 Å². The van der Waals surface area contributed by atoms with Crippen LogP contribution in [-0.4, -0.2) is 22.2 Å². The number of nitrogens with one attached hydrogen (secondary N) is 1. The number of carbonyl (C=O) groups excluding carboxylic acids is 1. The fourth-order valence-corrected chi connectivity index (χ4v) is 5.82. The van der Waals surface area contributed by atoms with E-state index in [1.807, 2.05) is 36.6 Å². The highest BCUT2D eigenvalue weighted by Gasteiger charge is 2.28. The Labute approximate surface area is 203 Å². The molecular formula is C27H27N5OS. The summed E-state index contributed by atoms with van der Waals surface area (Å²) in [5.41, 5.74) is 15.0. The van der Waals surface area contributed by atoms with Gasteiger partial charge in [0.15, 0.2) is 0 Å². The molecule has 6 nitrogen and oxygen atoms in total. The number of benzene rings is 1. The second-order valence-corrected chi connectivity index (χ2v) is 9.37. The van der Waals surface area contributed by atoms with Crippen molar-refractivity contribution in [2.75, 3.05) is 11.4 Å². The molecule has 34 heavy (non-hydrogen) atoms. The molecule has 7 heteroatoms. The van der Waals surface area contributed by atoms with E-state index in [1.165, 1.54) is 5.56 Å². The molecule has 0 saturated heterocycles. The number of aryl methyl sites for hydroxylation is 1. The summed E-state index contributed by atoms with van der Waals surface area (Å²) >= 11 is 1.70. The van der Waals surface area contributed by atoms with Gasteiger partial charge in [-0.1, -0.05) is 37.5 Å². The number of carbonyl (C=O) groups is 1. The number of hydrogen-bond acceptors (Lipinski definition) is 5. The van der Waals surface area contributed by atoms with Crippen molar-refractivity contribution in [3.05, 3.63) is 101 Å². The van der Waals surface area contributed by atoms with Gasteiger partial charge >= 0.3 is 0 Å². The predicted molar refractivity (Wildman–Crippen MR) is 139 cm³/mol. The molecule has 0 radical (unpaired) electrons. The lowest BCUT2D eigenvalue weighted by atomic mass is 9.94. The molecule has 2 aliphatic heterocycles. The Morgan fingerprint density at radius 3 is 2.94 bits per heavy atom. The first kappa shape index (κ1) is 22.1. The fraction of sp³-hybridized carbons (Fsp3) is 0.185. The summed E-state index contributed by atoms with van der Waals surface area (Å²) in [6.45, 7) is 8.20. The van der Waals surface area contributed by atoms with Crippen LogP contribution in [0.3, 0.4) is 0 Å². The van der Waals surface area contributed by atoms with E-state index in [0.29, 0.717) is 13.0 Å². The third-order valence-electron chi connectivity index (χ3n) is 6.34. The largest absolute Gasteiger partial charge is 0.372 e. The second kappa shape index (κ2) is 8.93. The molecule has 1 aromatic carbocycles. The predicted octanol–water partition coefficient (Wildman–Crippen LogP) is 4.68. The molecule has 0 bridgehead atoms. The Balaban J connectivity index is 1.45. The van der Waals surface area contributed by atoms with E-state index in [9.17, 15) is 4.79 Å². The Hall–Kier alpha value is -3.68. The number of allylic oxidation sites excluding steroid dienone is 3. The standard InChI is InChI=1S/C27H27N5OS/c1-4-6-17(5-2)11-24(33)32-10-9-19-12-18(7-8-23(19)32)22-16-34-26-21(14-29-27(28)25(22)26)20-13-30-31(3)15-20/h4-8,12-16,27,29H,1-2,9-11,28H2,3H3/b17-6+. The number of amides is 1. The Morgan fingerprint density at radius 2 is 2.21 bits per heavy atom. The smallest absolute Gasteiger partial charge is 0.231 e. The maximum atomic E-state index is 12.9. The van der Waals surface area contributed by atoms with Crippen molar-refractivity contribution in [3.63, 3.8) is 0 Å². The monoisotopic (exact) mass is 469 g/mol. The van der Waals surface area contributed by atoms with Crippen LogP contribution in [0.1, 0.15) is 34.2 Å². The lowest BCUT2D eigenvalue weighted by Crippen LogP contribution is -2.28. The molecule has 4 heterocycles. The summed E-state index contributed by atoms with van der Waals surface area (Å²) in [5, 5.41) is 9.81. The normalized spacial score (nSPS) is 17.0. The van der Waals surface area contributed by atoms with E-state index in [1.54, 1.807) is 28.2 Å². The average molecular weight is 470 g/mol. The molecular weight excluding hydrogens is 442 g/mol. The summed E-state index contributed by atoms with van der Waals surface area (Å²) in [5.74, 6) is 0.0740. The number of nitrogens with two attached hydrogens (primary N) is 1. The molecule has 0 spiro atoms. The van der Waals surface area contributed by atoms with E-state index in [4.69, 9.17) is 5.73 Å². The Morgan fingerprint density at radius 1 is 1.35 bits per heavy atom. The molecule has 0 saturated carbocycles. The molecule has 0 aliphatic carbocycles. The summed E-state index contributed by atoms with van der Waals surface area (Å²) in [6.07, 6.45) is 12.0. The Kier molecular flexibility index (Phi) is 5.81. The molecule has 172 valence electrons. The SMILES string of the molecule is C=C/C=C(\C=C)CC(=O)N1CCc2cc(-c3csc4c3C(N)NC=C4c3cnn(C)c3)ccc21. The zero-order valence-corrected chi connectivity index (χ0v) is 19.9. The van der Waals surface area contributed by atoms with Gasteiger partial charge in [0.2, 0.25) is 5.91 Å². The van der Waals surface area contributed by atoms with Crippen LogP contribution < -0.4 is 16.0 Å². The summed E-state index contributed by atoms with van der Waals surface area (Å²) < 4.78 is 1.80. The molecule has 2 aliphatic rings. The third-order valence-corrected chi connectivity index (χ3v) is 7.37. The zero-order chi connectivity index (χ0) is 23.8. The maximum Gasteiger partial charge on any atom is 0.231 e. The van der Waals surface area contributed by atoms with E-state index >= 15 is 0 Å². The molecule has 5 rings (SSSR count). The Bertz CT molecular complexity index is 1360. The van der Waals surface area contributed by atoms with Crippen LogP contribution in [0.15, 0.2) is 79.1 Å². The van der Waals surface area contributed by atoms with Gasteiger partial charge in [0.1, 0.15) is 6.17 Å². The van der Waals surface area contributed by atoms with Crippen LogP contribution in [-0.2, 0) is 18.3 Å². The molecule has 3 aromatic rings. The number of nitrogens with zero attached hydrogens (tertiary/aromatic N) is 3. The van der Waals surface area contributed by atoms with Crippen molar-refractivity contribution in [1.82, 2.24) is 15.1 Å². The lowest BCUT2D eigenvalue weighted by molar-refractivity contribution is -0.117. The number of fused-ring (bicyclic) bond motifs is 2. The van der Waals surface area contributed by atoms with Crippen LogP contribution in [0.25, 0.3) is 16.7 Å². The first-order valence-corrected chi connectivity index (χ1v) is 12.1. The molecule has 3 N–H and O–H groups in total. The van der Waals surface area contributed by atoms with Gasteiger partial charge in [-0.3, -0.25) is 9.48 Å². The third kappa shape index (κ3) is 3.83. The van der Waals surface area contributed by atoms with E-state index in [2.05, 4.69) is 47.2 Å². The highest BCUT2D eigenvalue weighted by Crippen LogP contribution is 2.43. The van der Waals surface area contributed by atoms with E-state index in [-0.39, 0.29) is 12.1 Å². The van der Waals surface area contributed by atoms with Gasteiger partial charge in [-0.25, -0.2) is 0 Å². The quantitative estimate of drug-likeness (QED) is 0.514. The van der Waals surface area contributed by atoms with Crippen molar-refractivity contribution < 1.29 is 4.79 Å². The van der Waals surface area contributed by atoms with Gasteiger partial charge in [-0.05, 0) is 46.2 Å². The van der Waals surface area contributed by atoms with Crippen molar-refractivity contribution in [3.8, 4) is 11.1 Å². The van der Waals surface area contributed by atoms with Gasteiger partial charge in [0.05, 0.1) is 12.6 Å². The van der Waals surface area contributed by atoms with Crippen LogP contribution in [0.5, 0.6) is 0 Å². The van der Waals surface area contributed by atoms with Gasteiger partial charge in [0.25, 0.3) is 0 Å². The zero-order valence-electron chi connectivity index (χ0n) is 19.1. The van der Waals surface area contributed by atoms with Gasteiger partial charge in [-0.15, -0.1) is 11.3 Å². The van der Waals surface area contributed by atoms with Crippen LogP contribution in [0, 0.1) is 0 Å². The molecule has 1 unspecified atom stereocenters. The van der Waals surface area contributed by atoms with Crippen LogP contribution in [0.2, 0.25) is 0 Å². The highest BCUT2D eigenvalue weighted by molar-refractivity contribution is 7.12. The summed E-state index contributed by atoms with van der Waals surface area (Å²) in [4.78, 5) is 16.0. The number of aromatic nitrogens is 2. The summed E-state index contributed by atoms with van der Waals surface area (Å²) in [6, 6.07) is 6.35. The fourth-order valence-electron chi connectivity index (χ4n) is 4.65. The average Bonchev–Trinajstić information content (AvgIpc) is 3.57. The van der Waals surface area contributed by atoms with Gasteiger partial charge in [0, 0.05) is 53.3 Å². The van der Waals surface area contributed by atoms with E-state index < -0.39 is 0 Å². The highest BCUT2D eigenvalue weighted by atomic mass is 32.1. The molecule has 1 atom stereocenters. The lowest BCUT2D eigenvalue weighted by Gasteiger charge is -2.23. The number of thiophene rings is 1. The minimum Gasteiger partial charge on any atom is -0.372 e. The van der Waals surface area contributed by atoms with Crippen molar-refractivity contribution in [2.24, 2.45) is 12.8 Å². The number of anilines is 1. The minimum atomic E-state index is -0.281. The van der Waals surface area contributed by atoms with Crippen molar-refractivity contribution in [1.29, 1.82) is 0 Å². The summed E-state index contributed by atoms with van der Waals surface area (Å²) in [7, 11) is 1.92. The van der Waals surface area contributed by atoms with Gasteiger partial charge < -0.3 is 16.0 Å². The molecule has 2 aromatic heterocycles. The molecule has 1 amide bonds. The van der Waals surface area contributed by atoms with E-state index in [0.717, 1.165) is 50.4 Å².